The van der Waals surface area contributed by atoms with E-state index in [1.807, 2.05) is 17.5 Å². The van der Waals surface area contributed by atoms with Crippen LogP contribution in [0.2, 0.25) is 0 Å². The maximum Gasteiger partial charge on any atom is 0.277 e. The number of hydrogen-bond donors (Lipinski definition) is 2. The van der Waals surface area contributed by atoms with E-state index in [-0.39, 0.29) is 5.91 Å². The highest BCUT2D eigenvalue weighted by Gasteiger charge is 2.29. The molecule has 3 heterocycles. The molecule has 1 amide bonds. The zero-order valence-electron chi connectivity index (χ0n) is 16.7. The molecule has 1 unspecified atom stereocenters. The summed E-state index contributed by atoms with van der Waals surface area (Å²) in [7, 11) is 0. The number of allylic oxidation sites excluding steroid dienone is 4. The van der Waals surface area contributed by atoms with Gasteiger partial charge in [-0.1, -0.05) is 36.4 Å². The number of thioether (sulfide) groups is 1. The monoisotopic (exact) mass is 468 g/mol. The Labute approximate surface area is 192 Å². The predicted molar refractivity (Wildman–Crippen MR) is 123 cm³/mol. The van der Waals surface area contributed by atoms with Gasteiger partial charge in [-0.25, -0.2) is 15.0 Å². The number of nitrogens with zero attached hydrogens (tertiary/aromatic N) is 4. The van der Waals surface area contributed by atoms with Crippen LogP contribution in [-0.2, 0) is 0 Å². The number of nitrogens with one attached hydrogen (secondary N) is 2. The van der Waals surface area contributed by atoms with Crippen LogP contribution in [0.5, 0.6) is 0 Å². The fourth-order valence-corrected chi connectivity index (χ4v) is 5.65. The number of amides is 1. The Bertz CT molecular complexity index is 1140. The molecule has 7 nitrogen and oxygen atoms in total. The zero-order chi connectivity index (χ0) is 21.2. The Morgan fingerprint density at radius 1 is 1.23 bits per heavy atom. The lowest BCUT2D eigenvalue weighted by molar-refractivity contribution is 0.101. The SMILES string of the molecule is CC1CC(C2CC2)=CC=C1Sc1ccc(Sc2ncn[nH]2)nc1C(=O)Nc1nccs1. The lowest BCUT2D eigenvalue weighted by Gasteiger charge is -2.22. The van der Waals surface area contributed by atoms with Crippen molar-refractivity contribution in [3.05, 3.63) is 58.4 Å². The van der Waals surface area contributed by atoms with Crippen LogP contribution in [0.15, 0.2) is 67.7 Å². The van der Waals surface area contributed by atoms with Crippen molar-refractivity contribution in [2.75, 3.05) is 5.32 Å². The van der Waals surface area contributed by atoms with Gasteiger partial charge in [-0.15, -0.1) is 11.3 Å². The van der Waals surface area contributed by atoms with Crippen molar-refractivity contribution >= 4 is 45.9 Å². The van der Waals surface area contributed by atoms with E-state index in [4.69, 9.17) is 0 Å². The van der Waals surface area contributed by atoms with Gasteiger partial charge in [-0.05, 0) is 59.9 Å². The molecule has 1 atom stereocenters. The molecule has 0 bridgehead atoms. The standard InChI is InChI=1S/C21H20N6OS3/c1-12-10-14(13-2-3-13)4-5-15(12)30-16-6-7-17(31-21-23-11-24-27-21)25-18(16)19(28)26-20-22-8-9-29-20/h4-9,11-13H,2-3,10H2,1H3,(H,22,26,28)(H,23,24,27). The van der Waals surface area contributed by atoms with E-state index in [1.54, 1.807) is 23.5 Å². The largest absolute Gasteiger partial charge is 0.296 e. The van der Waals surface area contributed by atoms with Crippen LogP contribution in [-0.4, -0.2) is 31.1 Å². The number of aromatic nitrogens is 5. The first-order valence-corrected chi connectivity index (χ1v) is 12.5. The lowest BCUT2D eigenvalue weighted by Crippen LogP contribution is -2.15. The molecule has 0 aromatic carbocycles. The van der Waals surface area contributed by atoms with Crippen LogP contribution in [0.3, 0.4) is 0 Å². The second kappa shape index (κ2) is 8.97. The number of carbonyl (C=O) groups is 1. The third kappa shape index (κ3) is 4.91. The second-order valence-corrected chi connectivity index (χ2v) is 10.5. The van der Waals surface area contributed by atoms with Gasteiger partial charge in [0.15, 0.2) is 10.3 Å². The zero-order valence-corrected chi connectivity index (χ0v) is 19.2. The summed E-state index contributed by atoms with van der Waals surface area (Å²) in [6, 6.07) is 3.87. The summed E-state index contributed by atoms with van der Waals surface area (Å²) >= 11 is 4.33. The molecule has 2 aliphatic carbocycles. The van der Waals surface area contributed by atoms with Gasteiger partial charge in [0.2, 0.25) is 0 Å². The number of rotatable bonds is 7. The first kappa shape index (κ1) is 20.5. The van der Waals surface area contributed by atoms with Crippen molar-refractivity contribution in [2.24, 2.45) is 11.8 Å². The van der Waals surface area contributed by atoms with Crippen molar-refractivity contribution in [3.63, 3.8) is 0 Å². The molecule has 10 heteroatoms. The molecule has 1 saturated carbocycles. The van der Waals surface area contributed by atoms with E-state index < -0.39 is 0 Å². The van der Waals surface area contributed by atoms with Gasteiger partial charge in [0.05, 0.1) is 0 Å². The summed E-state index contributed by atoms with van der Waals surface area (Å²) < 4.78 is 0. The smallest absolute Gasteiger partial charge is 0.277 e. The summed E-state index contributed by atoms with van der Waals surface area (Å²) in [5, 5.41) is 13.2. The van der Waals surface area contributed by atoms with E-state index in [2.05, 4.69) is 49.5 Å². The Balaban J connectivity index is 1.43. The van der Waals surface area contributed by atoms with Crippen LogP contribution >= 0.6 is 34.9 Å². The summed E-state index contributed by atoms with van der Waals surface area (Å²) in [5.41, 5.74) is 1.95. The predicted octanol–water partition coefficient (Wildman–Crippen LogP) is 5.41. The van der Waals surface area contributed by atoms with Crippen LogP contribution in [0.25, 0.3) is 0 Å². The molecule has 5 rings (SSSR count). The third-order valence-corrected chi connectivity index (χ3v) is 7.95. The average molecular weight is 469 g/mol. The lowest BCUT2D eigenvalue weighted by atomic mass is 9.93. The number of hydrogen-bond acceptors (Lipinski definition) is 8. The van der Waals surface area contributed by atoms with Crippen LogP contribution in [0.1, 0.15) is 36.7 Å². The molecule has 31 heavy (non-hydrogen) atoms. The first-order chi connectivity index (χ1) is 15.2. The molecule has 3 aromatic heterocycles. The minimum Gasteiger partial charge on any atom is -0.296 e. The highest BCUT2D eigenvalue weighted by Crippen LogP contribution is 2.45. The molecular formula is C21H20N6OS3. The van der Waals surface area contributed by atoms with Crippen molar-refractivity contribution < 1.29 is 4.79 Å². The van der Waals surface area contributed by atoms with Gasteiger partial charge in [-0.2, -0.15) is 5.10 Å². The molecule has 0 spiro atoms. The second-order valence-electron chi connectivity index (χ2n) is 7.47. The molecule has 158 valence electrons. The summed E-state index contributed by atoms with van der Waals surface area (Å²) in [6.45, 7) is 2.26. The van der Waals surface area contributed by atoms with E-state index in [9.17, 15) is 4.79 Å². The molecule has 2 aliphatic rings. The van der Waals surface area contributed by atoms with Crippen molar-refractivity contribution in [1.29, 1.82) is 0 Å². The maximum absolute atomic E-state index is 13.1. The van der Waals surface area contributed by atoms with Gasteiger partial charge >= 0.3 is 0 Å². The number of anilines is 1. The quantitative estimate of drug-likeness (QED) is 0.478. The molecule has 0 saturated heterocycles. The van der Waals surface area contributed by atoms with Crippen molar-refractivity contribution in [1.82, 2.24) is 25.1 Å². The van der Waals surface area contributed by atoms with E-state index >= 15 is 0 Å². The highest BCUT2D eigenvalue weighted by molar-refractivity contribution is 8.03. The Morgan fingerprint density at radius 2 is 2.13 bits per heavy atom. The minimum absolute atomic E-state index is 0.268. The maximum atomic E-state index is 13.1. The molecular weight excluding hydrogens is 448 g/mol. The van der Waals surface area contributed by atoms with Gasteiger partial charge in [0.1, 0.15) is 17.0 Å². The van der Waals surface area contributed by atoms with Gasteiger partial charge in [-0.3, -0.25) is 15.2 Å². The van der Waals surface area contributed by atoms with Gasteiger partial charge in [0, 0.05) is 16.5 Å². The van der Waals surface area contributed by atoms with Gasteiger partial charge in [0.25, 0.3) is 5.91 Å². The topological polar surface area (TPSA) is 96.5 Å². The Hall–Kier alpha value is -2.43. The van der Waals surface area contributed by atoms with Crippen LogP contribution in [0, 0.1) is 11.8 Å². The third-order valence-electron chi connectivity index (χ3n) is 5.11. The molecule has 3 aromatic rings. The number of pyridine rings is 1. The van der Waals surface area contributed by atoms with E-state index in [0.29, 0.717) is 26.9 Å². The van der Waals surface area contributed by atoms with Crippen LogP contribution in [0.4, 0.5) is 5.13 Å². The normalized spacial score (nSPS) is 18.4. The summed E-state index contributed by atoms with van der Waals surface area (Å²) in [4.78, 5) is 28.1. The summed E-state index contributed by atoms with van der Waals surface area (Å²) in [5.74, 6) is 0.957. The number of thiazole rings is 1. The minimum atomic E-state index is -0.268. The Morgan fingerprint density at radius 3 is 2.84 bits per heavy atom. The first-order valence-electron chi connectivity index (χ1n) is 9.99. The average Bonchev–Trinajstić information content (AvgIpc) is 3.25. The molecule has 2 N–H and O–H groups in total. The molecule has 0 radical (unpaired) electrons. The number of H-pyrrole nitrogens is 1. The van der Waals surface area contributed by atoms with E-state index in [1.165, 1.54) is 47.2 Å². The number of aromatic amines is 1. The fraction of sp³-hybridized carbons (Fsp3) is 0.286. The molecule has 1 fully saturated rings. The van der Waals surface area contributed by atoms with Gasteiger partial charge < -0.3 is 0 Å². The molecule has 0 aliphatic heterocycles. The number of carbonyl (C=O) groups excluding carboxylic acids is 1. The Kier molecular flexibility index (Phi) is 5.93. The van der Waals surface area contributed by atoms with Crippen molar-refractivity contribution in [3.8, 4) is 0 Å². The van der Waals surface area contributed by atoms with Crippen molar-refractivity contribution in [2.45, 2.75) is 41.3 Å². The summed E-state index contributed by atoms with van der Waals surface area (Å²) in [6.07, 6.45) is 11.3. The highest BCUT2D eigenvalue weighted by atomic mass is 32.2. The van der Waals surface area contributed by atoms with Crippen LogP contribution < -0.4 is 5.32 Å². The van der Waals surface area contributed by atoms with E-state index in [0.717, 1.165) is 17.2 Å². The fourth-order valence-electron chi connectivity index (χ4n) is 3.41.